The van der Waals surface area contributed by atoms with Crippen LogP contribution in [-0.4, -0.2) is 33.7 Å². The lowest BCUT2D eigenvalue weighted by molar-refractivity contribution is 0.0695. The summed E-state index contributed by atoms with van der Waals surface area (Å²) in [7, 11) is 0. The van der Waals surface area contributed by atoms with E-state index in [1.54, 1.807) is 105 Å². The number of phenols is 1. The average Bonchev–Trinajstić information content (AvgIpc) is 3.12. The zero-order valence-corrected chi connectivity index (χ0v) is 27.6. The summed E-state index contributed by atoms with van der Waals surface area (Å²) in [5.41, 5.74) is -1.02. The van der Waals surface area contributed by atoms with Gasteiger partial charge in [0.25, 0.3) is 0 Å². The Kier molecular flexibility index (Phi) is 9.79. The Bertz CT molecular complexity index is 2290. The van der Waals surface area contributed by atoms with Crippen molar-refractivity contribution in [3.8, 4) is 34.1 Å². The zero-order chi connectivity index (χ0) is 36.1. The number of aliphatic hydroxyl groups is 1. The molecule has 5 aromatic carbocycles. The highest BCUT2D eigenvalue weighted by molar-refractivity contribution is 5.96. The molecule has 0 aliphatic rings. The molecule has 0 bridgehead atoms. The summed E-state index contributed by atoms with van der Waals surface area (Å²) in [5, 5.41) is 21.8. The summed E-state index contributed by atoms with van der Waals surface area (Å²) in [6, 6.07) is 30.2. The second-order valence-electron chi connectivity index (χ2n) is 12.3. The molecular weight excluding hydrogens is 652 g/mol. The van der Waals surface area contributed by atoms with Crippen LogP contribution in [0, 0.1) is 0 Å². The van der Waals surface area contributed by atoms with Crippen molar-refractivity contribution in [3.05, 3.63) is 154 Å². The van der Waals surface area contributed by atoms with Gasteiger partial charge in [-0.2, -0.15) is 0 Å². The largest absolute Gasteiger partial charge is 0.507 e. The van der Waals surface area contributed by atoms with Crippen molar-refractivity contribution in [2.75, 3.05) is 0 Å². The fourth-order valence-electron chi connectivity index (χ4n) is 5.31. The van der Waals surface area contributed by atoms with Crippen LogP contribution in [0.15, 0.2) is 131 Å². The normalized spacial score (nSPS) is 11.2. The predicted octanol–water partition coefficient (Wildman–Crippen LogP) is 7.53. The Balaban J connectivity index is 1.45. The molecule has 0 unspecified atom stereocenters. The van der Waals surface area contributed by atoms with Crippen molar-refractivity contribution in [2.24, 2.45) is 0 Å². The van der Waals surface area contributed by atoms with Gasteiger partial charge in [0.2, 0.25) is 5.43 Å². The molecule has 0 amide bonds. The second kappa shape index (κ2) is 14.5. The number of aromatic hydroxyl groups is 1. The fraction of sp³-hybridized carbons (Fsp3) is 0.122. The molecule has 1 heterocycles. The minimum atomic E-state index is -1.15. The van der Waals surface area contributed by atoms with Crippen molar-refractivity contribution >= 4 is 28.9 Å². The first-order valence-corrected chi connectivity index (χ1v) is 16.0. The zero-order valence-electron chi connectivity index (χ0n) is 27.6. The molecule has 0 saturated carbocycles. The maximum atomic E-state index is 14.2. The Morgan fingerprint density at radius 3 is 1.71 bits per heavy atom. The van der Waals surface area contributed by atoms with Gasteiger partial charge in [0, 0.05) is 23.3 Å². The van der Waals surface area contributed by atoms with Crippen LogP contribution in [0.4, 0.5) is 0 Å². The molecular formula is C41H32O10. The van der Waals surface area contributed by atoms with Gasteiger partial charge >= 0.3 is 17.9 Å². The van der Waals surface area contributed by atoms with Gasteiger partial charge in [-0.05, 0) is 75.2 Å². The first kappa shape index (κ1) is 34.3. The van der Waals surface area contributed by atoms with Gasteiger partial charge in [-0.25, -0.2) is 14.4 Å². The molecule has 51 heavy (non-hydrogen) atoms. The van der Waals surface area contributed by atoms with E-state index in [1.807, 2.05) is 0 Å². The highest BCUT2D eigenvalue weighted by Crippen LogP contribution is 2.40. The van der Waals surface area contributed by atoms with Crippen molar-refractivity contribution in [2.45, 2.75) is 32.3 Å². The van der Waals surface area contributed by atoms with Gasteiger partial charge in [0.05, 0.1) is 27.9 Å². The molecule has 0 radical (unpaired) electrons. The predicted molar refractivity (Wildman–Crippen MR) is 188 cm³/mol. The molecule has 0 fully saturated rings. The number of phenolic OH excluding ortho intramolecular Hbond substituents is 1. The van der Waals surface area contributed by atoms with Crippen LogP contribution >= 0.6 is 0 Å². The number of hydrogen-bond donors (Lipinski definition) is 2. The number of carbonyl (C=O) groups is 3. The van der Waals surface area contributed by atoms with Gasteiger partial charge in [-0.1, -0.05) is 54.6 Å². The molecule has 1 aromatic heterocycles. The summed E-state index contributed by atoms with van der Waals surface area (Å²) < 4.78 is 22.8. The summed E-state index contributed by atoms with van der Waals surface area (Å²) in [4.78, 5) is 53.2. The van der Waals surface area contributed by atoms with E-state index in [1.165, 1.54) is 24.3 Å². The van der Waals surface area contributed by atoms with Crippen LogP contribution in [0.3, 0.4) is 0 Å². The van der Waals surface area contributed by atoms with E-state index >= 15 is 0 Å². The SMILES string of the molecule is CC(C)(O)CCc1c(OC(=O)c2ccccc2)cc2occ(-c3ccc(OC(=O)c4ccccc4)cc3OC(=O)c3ccccc3)c(=O)c2c1O. The monoisotopic (exact) mass is 684 g/mol. The topological polar surface area (TPSA) is 150 Å². The maximum absolute atomic E-state index is 14.2. The van der Waals surface area contributed by atoms with Crippen molar-refractivity contribution in [1.82, 2.24) is 0 Å². The second-order valence-corrected chi connectivity index (χ2v) is 12.3. The van der Waals surface area contributed by atoms with Crippen LogP contribution in [-0.2, 0) is 6.42 Å². The third-order valence-corrected chi connectivity index (χ3v) is 7.98. The average molecular weight is 685 g/mol. The number of esters is 3. The van der Waals surface area contributed by atoms with Gasteiger partial charge in [0.15, 0.2) is 0 Å². The first-order chi connectivity index (χ1) is 24.5. The van der Waals surface area contributed by atoms with E-state index in [9.17, 15) is 29.4 Å². The first-order valence-electron chi connectivity index (χ1n) is 16.0. The minimum absolute atomic E-state index is 0.0355. The van der Waals surface area contributed by atoms with Gasteiger partial charge in [0.1, 0.15) is 40.2 Å². The molecule has 10 nitrogen and oxygen atoms in total. The molecule has 0 saturated heterocycles. The lowest BCUT2D eigenvalue weighted by Gasteiger charge is -2.19. The summed E-state index contributed by atoms with van der Waals surface area (Å²) in [5.74, 6) is -2.72. The Labute approximate surface area is 292 Å². The molecule has 0 aliphatic carbocycles. The number of benzene rings is 5. The van der Waals surface area contributed by atoms with Gasteiger partial charge in [-0.15, -0.1) is 0 Å². The molecule has 0 atom stereocenters. The van der Waals surface area contributed by atoms with Gasteiger partial charge in [-0.3, -0.25) is 4.79 Å². The highest BCUT2D eigenvalue weighted by Gasteiger charge is 2.26. The van der Waals surface area contributed by atoms with Crippen LogP contribution in [0.1, 0.15) is 56.9 Å². The Morgan fingerprint density at radius 1 is 0.667 bits per heavy atom. The summed E-state index contributed by atoms with van der Waals surface area (Å²) in [6.07, 6.45) is 1.32. The molecule has 0 aliphatic heterocycles. The third kappa shape index (κ3) is 7.87. The third-order valence-electron chi connectivity index (χ3n) is 7.98. The fourth-order valence-corrected chi connectivity index (χ4v) is 5.31. The van der Waals surface area contributed by atoms with Crippen molar-refractivity contribution in [3.63, 3.8) is 0 Å². The van der Waals surface area contributed by atoms with E-state index in [-0.39, 0.29) is 68.9 Å². The molecule has 6 aromatic rings. The number of fused-ring (bicyclic) bond motifs is 1. The lowest BCUT2D eigenvalue weighted by atomic mass is 9.95. The van der Waals surface area contributed by atoms with Crippen LogP contribution in [0.5, 0.6) is 23.0 Å². The number of hydrogen-bond acceptors (Lipinski definition) is 10. The standard InChI is InChI=1S/C41H32O10/c1-41(2,47)21-20-30-33(51-40(46)27-16-10-5-11-17-27)23-34-35(36(30)42)37(43)31(24-48-34)29-19-18-28(49-38(44)25-12-6-3-7-13-25)22-32(29)50-39(45)26-14-8-4-9-15-26/h3-19,22-24,42,47H,20-21H2,1-2H3. The maximum Gasteiger partial charge on any atom is 0.343 e. The van der Waals surface area contributed by atoms with E-state index in [0.29, 0.717) is 5.56 Å². The Morgan fingerprint density at radius 2 is 1.18 bits per heavy atom. The van der Waals surface area contributed by atoms with Crippen LogP contribution < -0.4 is 19.6 Å². The molecule has 2 N–H and O–H groups in total. The Hall–Kier alpha value is -6.52. The molecule has 0 spiro atoms. The molecule has 6 rings (SSSR count). The summed E-state index contributed by atoms with van der Waals surface area (Å²) >= 11 is 0. The quantitative estimate of drug-likeness (QED) is 0.110. The number of rotatable bonds is 10. The van der Waals surface area contributed by atoms with E-state index in [4.69, 9.17) is 18.6 Å². The number of carbonyl (C=O) groups excluding carboxylic acids is 3. The highest BCUT2D eigenvalue weighted by atomic mass is 16.5. The molecule has 256 valence electrons. The van der Waals surface area contributed by atoms with Crippen molar-refractivity contribution < 1.29 is 43.2 Å². The van der Waals surface area contributed by atoms with E-state index in [2.05, 4.69) is 0 Å². The summed E-state index contributed by atoms with van der Waals surface area (Å²) in [6.45, 7) is 3.18. The van der Waals surface area contributed by atoms with E-state index in [0.717, 1.165) is 6.26 Å². The minimum Gasteiger partial charge on any atom is -0.507 e. The van der Waals surface area contributed by atoms with Crippen LogP contribution in [0.2, 0.25) is 0 Å². The number of ether oxygens (including phenoxy) is 3. The smallest absolute Gasteiger partial charge is 0.343 e. The van der Waals surface area contributed by atoms with E-state index < -0.39 is 34.7 Å². The van der Waals surface area contributed by atoms with Crippen molar-refractivity contribution in [1.29, 1.82) is 0 Å². The lowest BCUT2D eigenvalue weighted by Crippen LogP contribution is -2.20. The van der Waals surface area contributed by atoms with Gasteiger partial charge < -0.3 is 28.8 Å². The van der Waals surface area contributed by atoms with Crippen LogP contribution in [0.25, 0.3) is 22.1 Å². The molecule has 10 heteroatoms.